The summed E-state index contributed by atoms with van der Waals surface area (Å²) in [6.07, 6.45) is 4.09. The van der Waals surface area contributed by atoms with Crippen molar-refractivity contribution in [3.05, 3.63) is 56.9 Å². The van der Waals surface area contributed by atoms with Gasteiger partial charge >= 0.3 is 0 Å². The summed E-state index contributed by atoms with van der Waals surface area (Å²) in [5.41, 5.74) is 0.923. The van der Waals surface area contributed by atoms with Gasteiger partial charge in [0.15, 0.2) is 0 Å². The van der Waals surface area contributed by atoms with Gasteiger partial charge in [0.25, 0.3) is 5.69 Å². The highest BCUT2D eigenvalue weighted by atomic mass is 32.1. The van der Waals surface area contributed by atoms with Crippen LogP contribution in [0.25, 0.3) is 10.9 Å². The molecule has 3 aromatic rings. The standard InChI is InChI=1S/C16H16N4O2S/c21-20(22)13-6-5-12-10-17-19(15(12)9-13)11-18-7-1-3-14(18)16-4-2-8-23-16/h2,4-6,8-10,14H,1,3,7,11H2/t14-/m0/s1. The summed E-state index contributed by atoms with van der Waals surface area (Å²) in [7, 11) is 0. The van der Waals surface area contributed by atoms with Gasteiger partial charge in [-0.25, -0.2) is 0 Å². The van der Waals surface area contributed by atoms with Crippen LogP contribution in [0.2, 0.25) is 0 Å². The topological polar surface area (TPSA) is 64.2 Å². The zero-order valence-electron chi connectivity index (χ0n) is 12.5. The molecule has 23 heavy (non-hydrogen) atoms. The number of nitro groups is 1. The molecule has 1 fully saturated rings. The fourth-order valence-electron chi connectivity index (χ4n) is 3.26. The zero-order valence-corrected chi connectivity index (χ0v) is 13.3. The lowest BCUT2D eigenvalue weighted by Gasteiger charge is -2.23. The predicted molar refractivity (Wildman–Crippen MR) is 89.4 cm³/mol. The summed E-state index contributed by atoms with van der Waals surface area (Å²) in [5, 5.41) is 18.5. The summed E-state index contributed by atoms with van der Waals surface area (Å²) in [6, 6.07) is 9.59. The molecule has 3 heterocycles. The van der Waals surface area contributed by atoms with Crippen LogP contribution in [0.3, 0.4) is 0 Å². The maximum atomic E-state index is 11.0. The first kappa shape index (κ1) is 14.3. The molecule has 6 nitrogen and oxygen atoms in total. The van der Waals surface area contributed by atoms with E-state index in [4.69, 9.17) is 0 Å². The van der Waals surface area contributed by atoms with E-state index in [9.17, 15) is 10.1 Å². The monoisotopic (exact) mass is 328 g/mol. The predicted octanol–water partition coefficient (Wildman–Crippen LogP) is 3.80. The lowest BCUT2D eigenvalue weighted by Crippen LogP contribution is -2.26. The number of hydrogen-bond acceptors (Lipinski definition) is 5. The van der Waals surface area contributed by atoms with E-state index in [0.717, 1.165) is 23.9 Å². The third-order valence-electron chi connectivity index (χ3n) is 4.39. The lowest BCUT2D eigenvalue weighted by atomic mass is 10.2. The number of aromatic nitrogens is 2. The quantitative estimate of drug-likeness (QED) is 0.540. The van der Waals surface area contributed by atoms with Crippen molar-refractivity contribution < 1.29 is 4.92 Å². The molecule has 0 aliphatic carbocycles. The fourth-order valence-corrected chi connectivity index (χ4v) is 4.15. The van der Waals surface area contributed by atoms with Crippen molar-refractivity contribution in [2.24, 2.45) is 0 Å². The molecular formula is C16H16N4O2S. The number of hydrogen-bond donors (Lipinski definition) is 0. The minimum Gasteiger partial charge on any atom is -0.276 e. The van der Waals surface area contributed by atoms with Crippen LogP contribution in [0.4, 0.5) is 5.69 Å². The molecule has 2 aromatic heterocycles. The Morgan fingerprint density at radius 1 is 1.39 bits per heavy atom. The molecule has 0 saturated carbocycles. The Morgan fingerprint density at radius 2 is 2.30 bits per heavy atom. The van der Waals surface area contributed by atoms with E-state index in [1.54, 1.807) is 29.7 Å². The van der Waals surface area contributed by atoms with Crippen LogP contribution in [-0.2, 0) is 6.67 Å². The van der Waals surface area contributed by atoms with Crippen LogP contribution in [0.5, 0.6) is 0 Å². The average molecular weight is 328 g/mol. The third kappa shape index (κ3) is 2.62. The Kier molecular flexibility index (Phi) is 3.59. The summed E-state index contributed by atoms with van der Waals surface area (Å²) >= 11 is 1.79. The van der Waals surface area contributed by atoms with Gasteiger partial charge in [-0.05, 0) is 30.4 Å². The third-order valence-corrected chi connectivity index (χ3v) is 5.36. The van der Waals surface area contributed by atoms with Gasteiger partial charge in [0.2, 0.25) is 0 Å². The zero-order chi connectivity index (χ0) is 15.8. The van der Waals surface area contributed by atoms with Crippen molar-refractivity contribution in [2.75, 3.05) is 6.54 Å². The second-order valence-corrected chi connectivity index (χ2v) is 6.75. The van der Waals surface area contributed by atoms with Crippen LogP contribution in [0, 0.1) is 10.1 Å². The lowest BCUT2D eigenvalue weighted by molar-refractivity contribution is -0.384. The van der Waals surface area contributed by atoms with Crippen molar-refractivity contribution in [2.45, 2.75) is 25.6 Å². The van der Waals surface area contributed by atoms with Gasteiger partial charge in [-0.1, -0.05) is 6.07 Å². The second kappa shape index (κ2) is 5.75. The van der Waals surface area contributed by atoms with E-state index in [1.165, 1.54) is 17.4 Å². The summed E-state index contributed by atoms with van der Waals surface area (Å²) in [6.45, 7) is 1.69. The van der Waals surface area contributed by atoms with Crippen LogP contribution in [0.15, 0.2) is 41.9 Å². The van der Waals surface area contributed by atoms with Crippen molar-refractivity contribution >= 4 is 27.9 Å². The van der Waals surface area contributed by atoms with Crippen molar-refractivity contribution in [1.82, 2.24) is 14.7 Å². The van der Waals surface area contributed by atoms with E-state index in [0.29, 0.717) is 12.7 Å². The minimum atomic E-state index is -0.360. The highest BCUT2D eigenvalue weighted by Gasteiger charge is 2.27. The Bertz CT molecular complexity index is 843. The molecule has 0 radical (unpaired) electrons. The fraction of sp³-hybridized carbons (Fsp3) is 0.312. The maximum absolute atomic E-state index is 11.0. The summed E-state index contributed by atoms with van der Waals surface area (Å²) in [4.78, 5) is 14.4. The highest BCUT2D eigenvalue weighted by molar-refractivity contribution is 7.10. The molecule has 0 amide bonds. The number of non-ortho nitro benzene ring substituents is 1. The molecule has 1 aliphatic rings. The highest BCUT2D eigenvalue weighted by Crippen LogP contribution is 2.35. The van der Waals surface area contributed by atoms with E-state index < -0.39 is 0 Å². The molecule has 118 valence electrons. The van der Waals surface area contributed by atoms with Crippen LogP contribution < -0.4 is 0 Å². The van der Waals surface area contributed by atoms with Crippen molar-refractivity contribution in [3.63, 3.8) is 0 Å². The molecule has 4 rings (SSSR count). The van der Waals surface area contributed by atoms with Gasteiger partial charge in [-0.3, -0.25) is 19.7 Å². The number of nitrogens with zero attached hydrogens (tertiary/aromatic N) is 4. The average Bonchev–Trinajstić information content (AvgIpc) is 3.27. The minimum absolute atomic E-state index is 0.107. The molecule has 1 atom stereocenters. The SMILES string of the molecule is O=[N+]([O-])c1ccc2cnn(CN3CCC[C@H]3c3cccs3)c2c1. The molecule has 0 N–H and O–H groups in total. The number of nitro benzene ring substituents is 1. The molecular weight excluding hydrogens is 312 g/mol. The Hall–Kier alpha value is -2.25. The van der Waals surface area contributed by atoms with Crippen molar-refractivity contribution in [1.29, 1.82) is 0 Å². The van der Waals surface area contributed by atoms with Gasteiger partial charge in [-0.15, -0.1) is 11.3 Å². The molecule has 1 aromatic carbocycles. The first-order valence-corrected chi connectivity index (χ1v) is 8.48. The van der Waals surface area contributed by atoms with Gasteiger partial charge < -0.3 is 0 Å². The van der Waals surface area contributed by atoms with Crippen LogP contribution in [0.1, 0.15) is 23.8 Å². The Labute approximate surface area is 137 Å². The normalized spacial score (nSPS) is 18.7. The molecule has 1 saturated heterocycles. The maximum Gasteiger partial charge on any atom is 0.271 e. The van der Waals surface area contributed by atoms with E-state index in [1.807, 2.05) is 4.68 Å². The molecule has 1 aliphatic heterocycles. The van der Waals surface area contributed by atoms with Gasteiger partial charge in [0.05, 0.1) is 23.3 Å². The number of fused-ring (bicyclic) bond motifs is 1. The molecule has 0 spiro atoms. The van der Waals surface area contributed by atoms with E-state index in [-0.39, 0.29) is 10.6 Å². The van der Waals surface area contributed by atoms with Gasteiger partial charge in [-0.2, -0.15) is 5.10 Å². The second-order valence-electron chi connectivity index (χ2n) is 5.77. The van der Waals surface area contributed by atoms with Crippen molar-refractivity contribution in [3.8, 4) is 0 Å². The first-order chi connectivity index (χ1) is 11.2. The number of likely N-dealkylation sites (tertiary alicyclic amines) is 1. The molecule has 0 unspecified atom stereocenters. The van der Waals surface area contributed by atoms with Gasteiger partial charge in [0.1, 0.15) is 0 Å². The first-order valence-electron chi connectivity index (χ1n) is 7.60. The van der Waals surface area contributed by atoms with Crippen LogP contribution in [-0.4, -0.2) is 26.1 Å². The summed E-state index contributed by atoms with van der Waals surface area (Å²) < 4.78 is 1.87. The summed E-state index contributed by atoms with van der Waals surface area (Å²) in [5.74, 6) is 0. The smallest absolute Gasteiger partial charge is 0.271 e. The number of rotatable bonds is 4. The number of benzene rings is 1. The Morgan fingerprint density at radius 3 is 3.09 bits per heavy atom. The number of thiophene rings is 1. The molecule has 0 bridgehead atoms. The van der Waals surface area contributed by atoms with Gasteiger partial charge in [0, 0.05) is 35.0 Å². The largest absolute Gasteiger partial charge is 0.276 e. The van der Waals surface area contributed by atoms with E-state index in [2.05, 4.69) is 27.5 Å². The van der Waals surface area contributed by atoms with E-state index >= 15 is 0 Å². The molecule has 7 heteroatoms. The van der Waals surface area contributed by atoms with Crippen LogP contribution >= 0.6 is 11.3 Å². The Balaban J connectivity index is 1.64.